The van der Waals surface area contributed by atoms with Crippen molar-refractivity contribution < 1.29 is 19.2 Å². The van der Waals surface area contributed by atoms with E-state index >= 15 is 0 Å². The first-order valence-electron chi connectivity index (χ1n) is 12.1. The summed E-state index contributed by atoms with van der Waals surface area (Å²) in [6.45, 7) is 8.42. The number of anilines is 1. The molecule has 7 heteroatoms. The van der Waals surface area contributed by atoms with E-state index in [1.54, 1.807) is 17.0 Å². The monoisotopic (exact) mass is 453 g/mol. The van der Waals surface area contributed by atoms with Crippen LogP contribution in [0.1, 0.15) is 83.0 Å². The lowest BCUT2D eigenvalue weighted by atomic mass is 10.0. The minimum atomic E-state index is -0.781. The van der Waals surface area contributed by atoms with E-state index in [9.17, 15) is 19.2 Å². The molecule has 2 saturated carbocycles. The maximum absolute atomic E-state index is 13.9. The summed E-state index contributed by atoms with van der Waals surface area (Å²) < 4.78 is 0. The molecule has 1 heterocycles. The van der Waals surface area contributed by atoms with Crippen LogP contribution in [0.25, 0.3) is 0 Å². The van der Waals surface area contributed by atoms with Gasteiger partial charge in [0.1, 0.15) is 6.04 Å². The molecule has 7 nitrogen and oxygen atoms in total. The molecule has 1 atom stereocenters. The zero-order chi connectivity index (χ0) is 24.1. The van der Waals surface area contributed by atoms with Crippen molar-refractivity contribution in [1.82, 2.24) is 4.90 Å². The van der Waals surface area contributed by atoms with Crippen LogP contribution in [0.2, 0.25) is 0 Å². The fourth-order valence-corrected chi connectivity index (χ4v) is 5.97. The molecule has 1 aromatic rings. The van der Waals surface area contributed by atoms with E-state index in [0.29, 0.717) is 11.3 Å². The molecule has 0 aromatic heterocycles. The van der Waals surface area contributed by atoms with Gasteiger partial charge in [0.25, 0.3) is 5.91 Å². The van der Waals surface area contributed by atoms with Gasteiger partial charge < -0.3 is 10.6 Å². The maximum Gasteiger partial charge on any atom is 0.257 e. The van der Waals surface area contributed by atoms with E-state index in [1.165, 1.54) is 12.1 Å². The van der Waals surface area contributed by atoms with Gasteiger partial charge in [0.05, 0.1) is 12.1 Å². The summed E-state index contributed by atoms with van der Waals surface area (Å²) in [6, 6.07) is 5.33. The molecule has 33 heavy (non-hydrogen) atoms. The zero-order valence-electron chi connectivity index (χ0n) is 20.1. The first-order chi connectivity index (χ1) is 15.5. The molecular formula is C26H35N3O4. The van der Waals surface area contributed by atoms with E-state index in [4.69, 9.17) is 5.73 Å². The number of nitrogens with zero attached hydrogens (tertiary/aromatic N) is 2. The van der Waals surface area contributed by atoms with Crippen LogP contribution >= 0.6 is 0 Å². The van der Waals surface area contributed by atoms with Gasteiger partial charge in [-0.2, -0.15) is 0 Å². The average molecular weight is 454 g/mol. The minimum absolute atomic E-state index is 0.00772. The molecule has 1 saturated heterocycles. The van der Waals surface area contributed by atoms with Crippen LogP contribution in [-0.4, -0.2) is 40.6 Å². The van der Waals surface area contributed by atoms with Crippen molar-refractivity contribution in [2.75, 3.05) is 4.90 Å². The quantitative estimate of drug-likeness (QED) is 0.543. The van der Waals surface area contributed by atoms with Crippen molar-refractivity contribution in [2.45, 2.75) is 84.7 Å². The Kier molecular flexibility index (Phi) is 5.87. The number of imide groups is 1. The first kappa shape index (κ1) is 23.5. The van der Waals surface area contributed by atoms with Crippen LogP contribution in [0.3, 0.4) is 0 Å². The van der Waals surface area contributed by atoms with Gasteiger partial charge in [-0.3, -0.25) is 19.2 Å². The molecule has 1 aliphatic heterocycles. The number of rotatable bonds is 5. The van der Waals surface area contributed by atoms with Gasteiger partial charge in [-0.25, -0.2) is 4.90 Å². The van der Waals surface area contributed by atoms with Gasteiger partial charge in [-0.15, -0.1) is 0 Å². The van der Waals surface area contributed by atoms with Crippen molar-refractivity contribution in [3.63, 3.8) is 0 Å². The molecule has 4 rings (SSSR count). The fourth-order valence-electron chi connectivity index (χ4n) is 5.97. The molecule has 178 valence electrons. The summed E-state index contributed by atoms with van der Waals surface area (Å²) in [5.74, 6) is -1.41. The third-order valence-electron chi connectivity index (χ3n) is 8.61. The molecule has 4 amide bonds. The SMILES string of the molecule is CC1(C)C(C(=O)N(C2CCCCCC2)C2CC(=O)N(c3ccc(C(N)=O)cc3)C2=O)C1(C)C. The molecule has 0 bridgehead atoms. The van der Waals surface area contributed by atoms with E-state index < -0.39 is 11.9 Å². The van der Waals surface area contributed by atoms with Gasteiger partial charge in [-0.1, -0.05) is 53.4 Å². The lowest BCUT2D eigenvalue weighted by Crippen LogP contribution is -2.52. The highest BCUT2D eigenvalue weighted by molar-refractivity contribution is 6.23. The lowest BCUT2D eigenvalue weighted by Gasteiger charge is -2.36. The molecule has 2 aliphatic carbocycles. The number of benzene rings is 1. The summed E-state index contributed by atoms with van der Waals surface area (Å²) >= 11 is 0. The summed E-state index contributed by atoms with van der Waals surface area (Å²) in [7, 11) is 0. The standard InChI is InChI=1S/C26H35N3O4/c1-25(2)21(26(25,3)4)24(33)28(17-9-7-5-6-8-10-17)19-15-20(30)29(23(19)32)18-13-11-16(12-14-18)22(27)31/h11-14,17,19,21H,5-10,15H2,1-4H3,(H2,27,31). The van der Waals surface area contributed by atoms with Crippen molar-refractivity contribution in [2.24, 2.45) is 22.5 Å². The van der Waals surface area contributed by atoms with Crippen LogP contribution in [0.15, 0.2) is 24.3 Å². The number of nitrogens with two attached hydrogens (primary N) is 1. The highest BCUT2D eigenvalue weighted by Crippen LogP contribution is 2.69. The summed E-state index contributed by atoms with van der Waals surface area (Å²) in [6.07, 6.45) is 6.04. The summed E-state index contributed by atoms with van der Waals surface area (Å²) in [5.41, 5.74) is 5.72. The Morgan fingerprint density at radius 1 is 0.939 bits per heavy atom. The Morgan fingerprint density at radius 2 is 1.48 bits per heavy atom. The molecular weight excluding hydrogens is 418 g/mol. The minimum Gasteiger partial charge on any atom is -0.366 e. The zero-order valence-corrected chi connectivity index (χ0v) is 20.1. The lowest BCUT2D eigenvalue weighted by molar-refractivity contribution is -0.143. The molecule has 3 fully saturated rings. The fraction of sp³-hybridized carbons (Fsp3) is 0.615. The smallest absolute Gasteiger partial charge is 0.257 e. The van der Waals surface area contributed by atoms with Crippen LogP contribution in [0.4, 0.5) is 5.69 Å². The third kappa shape index (κ3) is 3.85. The highest BCUT2D eigenvalue weighted by atomic mass is 16.2. The van der Waals surface area contributed by atoms with Gasteiger partial charge >= 0.3 is 0 Å². The predicted octanol–water partition coefficient (Wildman–Crippen LogP) is 3.65. The first-order valence-corrected chi connectivity index (χ1v) is 12.1. The van der Waals surface area contributed by atoms with Crippen LogP contribution in [0.5, 0.6) is 0 Å². The number of carbonyl (C=O) groups is 4. The van der Waals surface area contributed by atoms with E-state index in [2.05, 4.69) is 27.7 Å². The van der Waals surface area contributed by atoms with Crippen molar-refractivity contribution in [1.29, 1.82) is 0 Å². The van der Waals surface area contributed by atoms with Gasteiger partial charge in [-0.05, 0) is 47.9 Å². The average Bonchev–Trinajstić information content (AvgIpc) is 3.17. The predicted molar refractivity (Wildman–Crippen MR) is 125 cm³/mol. The number of carbonyl (C=O) groups excluding carboxylic acids is 4. The third-order valence-corrected chi connectivity index (χ3v) is 8.61. The Balaban J connectivity index is 1.65. The maximum atomic E-state index is 13.9. The highest BCUT2D eigenvalue weighted by Gasteiger charge is 2.69. The Hall–Kier alpha value is -2.70. The van der Waals surface area contributed by atoms with E-state index in [-0.39, 0.29) is 46.9 Å². The van der Waals surface area contributed by atoms with E-state index in [0.717, 1.165) is 43.4 Å². The second-order valence-electron chi connectivity index (χ2n) is 11.0. The second kappa shape index (κ2) is 8.26. The Bertz CT molecular complexity index is 960. The van der Waals surface area contributed by atoms with E-state index in [1.807, 2.05) is 0 Å². The molecule has 2 N–H and O–H groups in total. The number of hydrogen-bond acceptors (Lipinski definition) is 4. The van der Waals surface area contributed by atoms with Crippen LogP contribution in [-0.2, 0) is 14.4 Å². The molecule has 0 radical (unpaired) electrons. The topological polar surface area (TPSA) is 101 Å². The number of amides is 4. The van der Waals surface area contributed by atoms with Crippen molar-refractivity contribution >= 4 is 29.3 Å². The van der Waals surface area contributed by atoms with Crippen molar-refractivity contribution in [3.8, 4) is 0 Å². The molecule has 1 aromatic carbocycles. The van der Waals surface area contributed by atoms with Crippen LogP contribution in [0, 0.1) is 16.7 Å². The molecule has 3 aliphatic rings. The normalized spacial score (nSPS) is 25.1. The molecule has 1 unspecified atom stereocenters. The van der Waals surface area contributed by atoms with Gasteiger partial charge in [0, 0.05) is 17.5 Å². The van der Waals surface area contributed by atoms with Crippen molar-refractivity contribution in [3.05, 3.63) is 29.8 Å². The van der Waals surface area contributed by atoms with Gasteiger partial charge in [0.15, 0.2) is 0 Å². The Morgan fingerprint density at radius 3 is 1.97 bits per heavy atom. The summed E-state index contributed by atoms with van der Waals surface area (Å²) in [4.78, 5) is 54.9. The van der Waals surface area contributed by atoms with Gasteiger partial charge in [0.2, 0.25) is 17.7 Å². The second-order valence-corrected chi connectivity index (χ2v) is 11.0. The Labute approximate surface area is 195 Å². The summed E-state index contributed by atoms with van der Waals surface area (Å²) in [5, 5.41) is 0. The van der Waals surface area contributed by atoms with Crippen LogP contribution < -0.4 is 10.6 Å². The number of hydrogen-bond donors (Lipinski definition) is 1. The molecule has 0 spiro atoms. The largest absolute Gasteiger partial charge is 0.366 e. The number of primary amides is 1.